The van der Waals surface area contributed by atoms with Crippen molar-refractivity contribution in [3.63, 3.8) is 0 Å². The number of rotatable bonds is 4. The van der Waals surface area contributed by atoms with E-state index in [0.717, 1.165) is 0 Å². The second-order valence-electron chi connectivity index (χ2n) is 5.30. The molecule has 0 aliphatic heterocycles. The average Bonchev–Trinajstić information content (AvgIpc) is 2.65. The molecule has 0 fully saturated rings. The smallest absolute Gasteiger partial charge is 0.274 e. The predicted molar refractivity (Wildman–Crippen MR) is 103 cm³/mol. The van der Waals surface area contributed by atoms with Crippen LogP contribution in [0.2, 0.25) is 10.0 Å². The maximum Gasteiger partial charge on any atom is 0.274 e. The van der Waals surface area contributed by atoms with Crippen molar-refractivity contribution < 1.29 is 4.79 Å². The lowest BCUT2D eigenvalue weighted by atomic mass is 10.2. The van der Waals surface area contributed by atoms with Crippen LogP contribution in [0.1, 0.15) is 16.1 Å². The number of anilines is 3. The summed E-state index contributed by atoms with van der Waals surface area (Å²) in [5.74, 6) is -0.388. The summed E-state index contributed by atoms with van der Waals surface area (Å²) in [6, 6.07) is 17.3. The fraction of sp³-hybridized carbons (Fsp3) is 0. The Morgan fingerprint density at radius 3 is 2.58 bits per heavy atom. The molecule has 0 aliphatic rings. The summed E-state index contributed by atoms with van der Waals surface area (Å²) in [6.45, 7) is 0. The third-order valence-corrected chi connectivity index (χ3v) is 4.24. The zero-order valence-electron chi connectivity index (χ0n) is 13.3. The Hall–Kier alpha value is -3.07. The highest BCUT2D eigenvalue weighted by Crippen LogP contribution is 2.25. The van der Waals surface area contributed by atoms with E-state index < -0.39 is 0 Å². The molecule has 0 saturated heterocycles. The molecule has 0 atom stereocenters. The van der Waals surface area contributed by atoms with E-state index in [2.05, 4.69) is 21.7 Å². The number of aromatic nitrogens is 1. The minimum atomic E-state index is -0.388. The van der Waals surface area contributed by atoms with Gasteiger partial charge >= 0.3 is 0 Å². The third-order valence-electron chi connectivity index (χ3n) is 3.50. The Bertz CT molecular complexity index is 1010. The van der Waals surface area contributed by atoms with E-state index in [1.807, 2.05) is 6.07 Å². The molecule has 26 heavy (non-hydrogen) atoms. The molecule has 3 rings (SSSR count). The number of nitrogens with zero attached hydrogens (tertiary/aromatic N) is 2. The Kier molecular flexibility index (Phi) is 5.37. The first-order valence-corrected chi connectivity index (χ1v) is 8.31. The number of nitriles is 1. The molecule has 2 aromatic carbocycles. The normalized spacial score (nSPS) is 10.0. The van der Waals surface area contributed by atoms with Gasteiger partial charge in [0.1, 0.15) is 11.8 Å². The highest BCUT2D eigenvalue weighted by Gasteiger charge is 2.10. The van der Waals surface area contributed by atoms with Gasteiger partial charge < -0.3 is 10.6 Å². The molecular weight excluding hydrogens is 371 g/mol. The Morgan fingerprint density at radius 1 is 1.00 bits per heavy atom. The fourth-order valence-electron chi connectivity index (χ4n) is 2.25. The molecule has 0 radical (unpaired) electrons. The van der Waals surface area contributed by atoms with Gasteiger partial charge in [0, 0.05) is 17.6 Å². The number of pyridine rings is 1. The van der Waals surface area contributed by atoms with E-state index in [4.69, 9.17) is 28.5 Å². The summed E-state index contributed by atoms with van der Waals surface area (Å²) in [7, 11) is 0. The summed E-state index contributed by atoms with van der Waals surface area (Å²) in [5, 5.41) is 15.7. The molecule has 128 valence electrons. The van der Waals surface area contributed by atoms with Crippen LogP contribution in [-0.2, 0) is 0 Å². The number of hydrogen-bond donors (Lipinski definition) is 2. The highest BCUT2D eigenvalue weighted by molar-refractivity contribution is 6.42. The van der Waals surface area contributed by atoms with Crippen LogP contribution in [0.25, 0.3) is 0 Å². The number of hydrogen-bond acceptors (Lipinski definition) is 4. The van der Waals surface area contributed by atoms with E-state index >= 15 is 0 Å². The van der Waals surface area contributed by atoms with Gasteiger partial charge in [-0.2, -0.15) is 5.26 Å². The topological polar surface area (TPSA) is 77.8 Å². The van der Waals surface area contributed by atoms with Gasteiger partial charge in [-0.15, -0.1) is 0 Å². The Labute approximate surface area is 160 Å². The molecule has 0 aliphatic carbocycles. The first-order valence-electron chi connectivity index (χ1n) is 7.55. The van der Waals surface area contributed by atoms with Crippen molar-refractivity contribution in [3.8, 4) is 6.07 Å². The number of nitrogens with one attached hydrogen (secondary N) is 2. The van der Waals surface area contributed by atoms with Crippen molar-refractivity contribution >= 4 is 46.2 Å². The summed E-state index contributed by atoms with van der Waals surface area (Å²) in [6.07, 6.45) is 1.51. The van der Waals surface area contributed by atoms with Gasteiger partial charge in [0.25, 0.3) is 5.91 Å². The molecule has 2 N–H and O–H groups in total. The molecule has 0 saturated carbocycles. The number of para-hydroxylation sites is 1. The maximum atomic E-state index is 12.4. The minimum absolute atomic E-state index is 0.218. The van der Waals surface area contributed by atoms with Crippen LogP contribution in [0.3, 0.4) is 0 Å². The quantitative estimate of drug-likeness (QED) is 0.645. The number of amides is 1. The van der Waals surface area contributed by atoms with Gasteiger partial charge in [0.2, 0.25) is 0 Å². The van der Waals surface area contributed by atoms with Gasteiger partial charge in [-0.1, -0.05) is 35.3 Å². The lowest BCUT2D eigenvalue weighted by Crippen LogP contribution is -2.13. The average molecular weight is 383 g/mol. The zero-order valence-corrected chi connectivity index (χ0v) is 14.8. The summed E-state index contributed by atoms with van der Waals surface area (Å²) >= 11 is 11.8. The third kappa shape index (κ3) is 4.12. The number of carbonyl (C=O) groups is 1. The number of halogens is 2. The summed E-state index contributed by atoms with van der Waals surface area (Å²) in [5.41, 5.74) is 2.53. The van der Waals surface area contributed by atoms with Crippen LogP contribution in [0.5, 0.6) is 0 Å². The summed E-state index contributed by atoms with van der Waals surface area (Å²) < 4.78 is 0. The van der Waals surface area contributed by atoms with Crippen LogP contribution >= 0.6 is 23.2 Å². The minimum Gasteiger partial charge on any atom is -0.354 e. The van der Waals surface area contributed by atoms with Gasteiger partial charge in [-0.05, 0) is 42.5 Å². The lowest BCUT2D eigenvalue weighted by molar-refractivity contribution is 0.102. The SMILES string of the molecule is N#Cc1ccccc1Nc1ccnc(C(=O)Nc2ccc(Cl)c(Cl)c2)c1. The van der Waals surface area contributed by atoms with E-state index in [1.54, 1.807) is 48.5 Å². The second-order valence-corrected chi connectivity index (χ2v) is 6.11. The van der Waals surface area contributed by atoms with Crippen LogP contribution < -0.4 is 10.6 Å². The van der Waals surface area contributed by atoms with Gasteiger partial charge in [-0.25, -0.2) is 0 Å². The van der Waals surface area contributed by atoms with E-state index in [9.17, 15) is 4.79 Å². The number of benzene rings is 2. The maximum absolute atomic E-state index is 12.4. The summed E-state index contributed by atoms with van der Waals surface area (Å²) in [4.78, 5) is 16.5. The second kappa shape index (κ2) is 7.87. The van der Waals surface area contributed by atoms with E-state index in [0.29, 0.717) is 32.7 Å². The van der Waals surface area contributed by atoms with Crippen molar-refractivity contribution in [1.82, 2.24) is 4.98 Å². The molecule has 5 nitrogen and oxygen atoms in total. The van der Waals surface area contributed by atoms with E-state index in [-0.39, 0.29) is 11.6 Å². The van der Waals surface area contributed by atoms with Crippen molar-refractivity contribution in [3.05, 3.63) is 82.1 Å². The van der Waals surface area contributed by atoms with Crippen LogP contribution in [0.4, 0.5) is 17.1 Å². The molecule has 1 amide bonds. The van der Waals surface area contributed by atoms with Crippen molar-refractivity contribution in [2.24, 2.45) is 0 Å². The van der Waals surface area contributed by atoms with Crippen LogP contribution in [-0.4, -0.2) is 10.9 Å². The fourth-order valence-corrected chi connectivity index (χ4v) is 2.54. The zero-order chi connectivity index (χ0) is 18.5. The van der Waals surface area contributed by atoms with Crippen molar-refractivity contribution in [2.45, 2.75) is 0 Å². The Balaban J connectivity index is 1.79. The molecule has 3 aromatic rings. The number of carbonyl (C=O) groups excluding carboxylic acids is 1. The molecule has 0 spiro atoms. The molecule has 0 unspecified atom stereocenters. The lowest BCUT2D eigenvalue weighted by Gasteiger charge is -2.10. The standard InChI is InChI=1S/C19H12Cl2N4O/c20-15-6-5-13(9-16(15)21)25-19(26)18-10-14(7-8-23-18)24-17-4-2-1-3-12(17)11-22/h1-10H,(H,23,24)(H,25,26). The Morgan fingerprint density at radius 2 is 1.81 bits per heavy atom. The highest BCUT2D eigenvalue weighted by atomic mass is 35.5. The predicted octanol–water partition coefficient (Wildman–Crippen LogP) is 5.26. The molecule has 0 bridgehead atoms. The van der Waals surface area contributed by atoms with E-state index in [1.165, 1.54) is 6.20 Å². The first kappa shape index (κ1) is 17.7. The molecule has 7 heteroatoms. The van der Waals surface area contributed by atoms with Crippen molar-refractivity contribution in [2.75, 3.05) is 10.6 Å². The van der Waals surface area contributed by atoms with Crippen molar-refractivity contribution in [1.29, 1.82) is 5.26 Å². The van der Waals surface area contributed by atoms with Gasteiger partial charge in [0.05, 0.1) is 21.3 Å². The molecular formula is C19H12Cl2N4O. The van der Waals surface area contributed by atoms with Gasteiger partial charge in [0.15, 0.2) is 0 Å². The largest absolute Gasteiger partial charge is 0.354 e. The first-order chi connectivity index (χ1) is 12.6. The molecule has 1 aromatic heterocycles. The van der Waals surface area contributed by atoms with Gasteiger partial charge in [-0.3, -0.25) is 9.78 Å². The monoisotopic (exact) mass is 382 g/mol. The molecule has 1 heterocycles. The van der Waals surface area contributed by atoms with Crippen LogP contribution in [0.15, 0.2) is 60.8 Å². The van der Waals surface area contributed by atoms with Crippen LogP contribution in [0, 0.1) is 11.3 Å².